The number of amides is 3. The third kappa shape index (κ3) is 3.25. The molecule has 4 rings (SSSR count). The Morgan fingerprint density at radius 2 is 1.68 bits per heavy atom. The minimum absolute atomic E-state index is 0.0732. The average molecular weight is 380 g/mol. The minimum atomic E-state index is -0.545. The molecule has 1 aromatic heterocycles. The summed E-state index contributed by atoms with van der Waals surface area (Å²) in [5, 5.41) is 6.30. The fraction of sp³-hybridized carbons (Fsp3) is 0.105. The van der Waals surface area contributed by atoms with Crippen LogP contribution in [0.15, 0.2) is 53.1 Å². The number of fused-ring (bicyclic) bond motifs is 1. The molecular formula is C19H13FN4O4. The zero-order valence-corrected chi connectivity index (χ0v) is 14.4. The SMILES string of the molecule is O=C(CN1C(=O)c2ccccc2C1=O)NCc1nc(-c2ccc(F)cc2)no1. The van der Waals surface area contributed by atoms with Gasteiger partial charge in [0.15, 0.2) is 0 Å². The summed E-state index contributed by atoms with van der Waals surface area (Å²) in [6.45, 7) is -0.485. The first kappa shape index (κ1) is 17.5. The number of carbonyl (C=O) groups excluding carboxylic acids is 3. The second-order valence-corrected chi connectivity index (χ2v) is 6.04. The molecule has 0 bridgehead atoms. The van der Waals surface area contributed by atoms with Gasteiger partial charge in [-0.25, -0.2) is 4.39 Å². The van der Waals surface area contributed by atoms with Crippen molar-refractivity contribution in [2.45, 2.75) is 6.54 Å². The van der Waals surface area contributed by atoms with Crippen molar-refractivity contribution in [3.05, 3.63) is 71.4 Å². The van der Waals surface area contributed by atoms with Gasteiger partial charge in [0.2, 0.25) is 17.6 Å². The Bertz CT molecular complexity index is 1040. The molecule has 0 spiro atoms. The smallest absolute Gasteiger partial charge is 0.262 e. The van der Waals surface area contributed by atoms with E-state index < -0.39 is 24.3 Å². The summed E-state index contributed by atoms with van der Waals surface area (Å²) in [6.07, 6.45) is 0. The largest absolute Gasteiger partial charge is 0.345 e. The van der Waals surface area contributed by atoms with Crippen molar-refractivity contribution >= 4 is 17.7 Å². The molecule has 1 N–H and O–H groups in total. The molecule has 8 nitrogen and oxygen atoms in total. The van der Waals surface area contributed by atoms with Crippen molar-refractivity contribution in [2.75, 3.05) is 6.54 Å². The van der Waals surface area contributed by atoms with Gasteiger partial charge in [-0.2, -0.15) is 4.98 Å². The molecule has 0 radical (unpaired) electrons. The van der Waals surface area contributed by atoms with Crippen LogP contribution in [0.25, 0.3) is 11.4 Å². The fourth-order valence-corrected chi connectivity index (χ4v) is 2.80. The van der Waals surface area contributed by atoms with Crippen molar-refractivity contribution in [2.24, 2.45) is 0 Å². The van der Waals surface area contributed by atoms with Gasteiger partial charge in [-0.15, -0.1) is 0 Å². The van der Waals surface area contributed by atoms with Crippen molar-refractivity contribution in [1.29, 1.82) is 0 Å². The lowest BCUT2D eigenvalue weighted by atomic mass is 10.1. The Labute approximate surface area is 158 Å². The van der Waals surface area contributed by atoms with E-state index in [-0.39, 0.29) is 35.2 Å². The third-order valence-electron chi connectivity index (χ3n) is 4.19. The van der Waals surface area contributed by atoms with Crippen LogP contribution in [-0.2, 0) is 11.3 Å². The van der Waals surface area contributed by atoms with Gasteiger partial charge in [0.25, 0.3) is 11.8 Å². The Hall–Kier alpha value is -3.88. The molecule has 0 fully saturated rings. The first-order valence-corrected chi connectivity index (χ1v) is 8.33. The average Bonchev–Trinajstić information content (AvgIpc) is 3.27. The highest BCUT2D eigenvalue weighted by atomic mass is 19.1. The van der Waals surface area contributed by atoms with Crippen LogP contribution in [0.5, 0.6) is 0 Å². The van der Waals surface area contributed by atoms with Crippen LogP contribution < -0.4 is 5.32 Å². The van der Waals surface area contributed by atoms with Crippen molar-refractivity contribution in [3.63, 3.8) is 0 Å². The van der Waals surface area contributed by atoms with Crippen LogP contribution in [-0.4, -0.2) is 39.3 Å². The molecule has 2 heterocycles. The summed E-state index contributed by atoms with van der Waals surface area (Å²) in [5.74, 6) is -1.55. The summed E-state index contributed by atoms with van der Waals surface area (Å²) in [6, 6.07) is 12.0. The first-order valence-electron chi connectivity index (χ1n) is 8.33. The van der Waals surface area contributed by atoms with Crippen LogP contribution in [0.2, 0.25) is 0 Å². The summed E-state index contributed by atoms with van der Waals surface area (Å²) in [7, 11) is 0. The number of nitrogens with one attached hydrogen (secondary N) is 1. The molecule has 0 saturated carbocycles. The molecule has 0 saturated heterocycles. The molecular weight excluding hydrogens is 367 g/mol. The normalized spacial score (nSPS) is 13.0. The number of imide groups is 1. The number of benzene rings is 2. The number of carbonyl (C=O) groups is 3. The molecule has 28 heavy (non-hydrogen) atoms. The molecule has 1 aliphatic heterocycles. The third-order valence-corrected chi connectivity index (χ3v) is 4.19. The van der Waals surface area contributed by atoms with Crippen LogP contribution in [0.1, 0.15) is 26.6 Å². The summed E-state index contributed by atoms with van der Waals surface area (Å²) in [4.78, 5) is 41.7. The summed E-state index contributed by atoms with van der Waals surface area (Å²) in [5.41, 5.74) is 1.12. The zero-order chi connectivity index (χ0) is 19.7. The highest BCUT2D eigenvalue weighted by Crippen LogP contribution is 2.22. The standard InChI is InChI=1S/C19H13FN4O4/c20-12-7-5-11(6-8-12)17-22-16(28-23-17)9-21-15(25)10-24-18(26)13-3-1-2-4-14(13)19(24)27/h1-8H,9-10H2,(H,21,25). The molecule has 0 atom stereocenters. The van der Waals surface area contributed by atoms with Gasteiger partial charge in [-0.05, 0) is 36.4 Å². The lowest BCUT2D eigenvalue weighted by Gasteiger charge is -2.12. The second kappa shape index (κ2) is 7.03. The maximum Gasteiger partial charge on any atom is 0.262 e. The van der Waals surface area contributed by atoms with Crippen LogP contribution in [0.3, 0.4) is 0 Å². The van der Waals surface area contributed by atoms with Gasteiger partial charge in [-0.3, -0.25) is 19.3 Å². The number of nitrogens with zero attached hydrogens (tertiary/aromatic N) is 3. The Morgan fingerprint density at radius 1 is 1.04 bits per heavy atom. The molecule has 9 heteroatoms. The predicted octanol–water partition coefficient (Wildman–Crippen LogP) is 1.79. The molecule has 3 amide bonds. The maximum absolute atomic E-state index is 13.0. The van der Waals surface area contributed by atoms with Gasteiger partial charge in [-0.1, -0.05) is 17.3 Å². The van der Waals surface area contributed by atoms with Gasteiger partial charge < -0.3 is 9.84 Å². The topological polar surface area (TPSA) is 105 Å². The van der Waals surface area contributed by atoms with Crippen molar-refractivity contribution in [3.8, 4) is 11.4 Å². The van der Waals surface area contributed by atoms with E-state index >= 15 is 0 Å². The molecule has 0 aliphatic carbocycles. The fourth-order valence-electron chi connectivity index (χ4n) is 2.80. The van der Waals surface area contributed by atoms with Crippen molar-refractivity contribution < 1.29 is 23.3 Å². The van der Waals surface area contributed by atoms with E-state index in [0.717, 1.165) is 4.90 Å². The number of aromatic nitrogens is 2. The lowest BCUT2D eigenvalue weighted by molar-refractivity contribution is -0.121. The number of hydrogen-bond acceptors (Lipinski definition) is 6. The molecule has 3 aromatic rings. The van der Waals surface area contributed by atoms with E-state index in [2.05, 4.69) is 15.5 Å². The first-order chi connectivity index (χ1) is 13.5. The van der Waals surface area contributed by atoms with E-state index in [4.69, 9.17) is 4.52 Å². The van der Waals surface area contributed by atoms with Crippen LogP contribution in [0, 0.1) is 5.82 Å². The van der Waals surface area contributed by atoms with E-state index in [1.165, 1.54) is 24.3 Å². The van der Waals surface area contributed by atoms with Gasteiger partial charge in [0.1, 0.15) is 12.4 Å². The predicted molar refractivity (Wildman–Crippen MR) is 93.3 cm³/mol. The summed E-state index contributed by atoms with van der Waals surface area (Å²) < 4.78 is 18.0. The number of halogens is 1. The Balaban J connectivity index is 1.36. The van der Waals surface area contributed by atoms with Gasteiger partial charge >= 0.3 is 0 Å². The van der Waals surface area contributed by atoms with E-state index in [9.17, 15) is 18.8 Å². The minimum Gasteiger partial charge on any atom is -0.345 e. The molecule has 0 unspecified atom stereocenters. The number of rotatable bonds is 5. The highest BCUT2D eigenvalue weighted by molar-refractivity contribution is 6.22. The second-order valence-electron chi connectivity index (χ2n) is 6.04. The molecule has 2 aromatic carbocycles. The van der Waals surface area contributed by atoms with E-state index in [0.29, 0.717) is 5.56 Å². The summed E-state index contributed by atoms with van der Waals surface area (Å²) >= 11 is 0. The Kier molecular flexibility index (Phi) is 4.40. The lowest BCUT2D eigenvalue weighted by Crippen LogP contribution is -2.40. The van der Waals surface area contributed by atoms with E-state index in [1.54, 1.807) is 24.3 Å². The van der Waals surface area contributed by atoms with Gasteiger partial charge in [0, 0.05) is 5.56 Å². The van der Waals surface area contributed by atoms with Gasteiger partial charge in [0.05, 0.1) is 17.7 Å². The quantitative estimate of drug-likeness (QED) is 0.677. The monoisotopic (exact) mass is 380 g/mol. The zero-order valence-electron chi connectivity index (χ0n) is 14.4. The number of hydrogen-bond donors (Lipinski definition) is 1. The molecule has 1 aliphatic rings. The van der Waals surface area contributed by atoms with Crippen molar-refractivity contribution in [1.82, 2.24) is 20.4 Å². The van der Waals surface area contributed by atoms with Crippen LogP contribution >= 0.6 is 0 Å². The maximum atomic E-state index is 13.0. The van der Waals surface area contributed by atoms with E-state index in [1.807, 2.05) is 0 Å². The highest BCUT2D eigenvalue weighted by Gasteiger charge is 2.36. The molecule has 140 valence electrons. The van der Waals surface area contributed by atoms with Crippen LogP contribution in [0.4, 0.5) is 4.39 Å². The Morgan fingerprint density at radius 3 is 2.32 bits per heavy atom.